The van der Waals surface area contributed by atoms with Crippen molar-refractivity contribution in [1.29, 1.82) is 0 Å². The molecule has 0 saturated heterocycles. The van der Waals surface area contributed by atoms with Crippen LogP contribution in [-0.4, -0.2) is 4.98 Å². The van der Waals surface area contributed by atoms with Gasteiger partial charge in [-0.05, 0) is 60.0 Å². The smallest absolute Gasteiger partial charge is 0.123 e. The van der Waals surface area contributed by atoms with E-state index in [0.29, 0.717) is 0 Å². The van der Waals surface area contributed by atoms with Crippen LogP contribution in [0.4, 0.5) is 4.39 Å². The van der Waals surface area contributed by atoms with E-state index in [1.165, 1.54) is 17.7 Å². The van der Waals surface area contributed by atoms with Gasteiger partial charge in [-0.1, -0.05) is 52.3 Å². The fourth-order valence-electron chi connectivity index (χ4n) is 3.01. The minimum Gasteiger partial charge on any atom is -0.248 e. The summed E-state index contributed by atoms with van der Waals surface area (Å²) in [6.07, 6.45) is 0. The number of halogens is 2. The molecule has 0 unspecified atom stereocenters. The fraction of sp³-hybridized carbons (Fsp3) is 0.0455. The molecule has 0 aliphatic rings. The lowest BCUT2D eigenvalue weighted by atomic mass is 10.00. The van der Waals surface area contributed by atoms with Crippen LogP contribution in [0.25, 0.3) is 33.3 Å². The van der Waals surface area contributed by atoms with E-state index in [1.54, 1.807) is 6.07 Å². The fourth-order valence-corrected chi connectivity index (χ4v) is 3.27. The van der Waals surface area contributed by atoms with Crippen molar-refractivity contribution in [3.05, 3.63) is 88.6 Å². The molecule has 0 radical (unpaired) electrons. The third-order valence-electron chi connectivity index (χ3n) is 4.30. The van der Waals surface area contributed by atoms with Crippen LogP contribution in [0.2, 0.25) is 0 Å². The van der Waals surface area contributed by atoms with E-state index in [9.17, 15) is 4.39 Å². The average Bonchev–Trinajstić information content (AvgIpc) is 2.62. The zero-order valence-electron chi connectivity index (χ0n) is 13.6. The Morgan fingerprint density at radius 2 is 1.36 bits per heavy atom. The first-order chi connectivity index (χ1) is 12.1. The lowest BCUT2D eigenvalue weighted by molar-refractivity contribution is 0.629. The molecule has 4 aromatic rings. The maximum atomic E-state index is 13.4. The maximum absolute atomic E-state index is 13.4. The molecule has 0 bridgehead atoms. The highest BCUT2D eigenvalue weighted by atomic mass is 79.9. The second kappa shape index (κ2) is 6.41. The van der Waals surface area contributed by atoms with Crippen LogP contribution in [0.15, 0.2) is 77.3 Å². The minimum atomic E-state index is -0.236. The van der Waals surface area contributed by atoms with Gasteiger partial charge >= 0.3 is 0 Å². The van der Waals surface area contributed by atoms with E-state index < -0.39 is 0 Å². The molecule has 4 rings (SSSR count). The van der Waals surface area contributed by atoms with Gasteiger partial charge in [0.25, 0.3) is 0 Å². The molecular weight excluding hydrogens is 377 g/mol. The summed E-state index contributed by atoms with van der Waals surface area (Å²) in [5, 5.41) is 0.827. The molecule has 0 atom stereocenters. The molecule has 0 amide bonds. The Balaban J connectivity index is 1.74. The van der Waals surface area contributed by atoms with Crippen molar-refractivity contribution in [2.45, 2.75) is 6.92 Å². The van der Waals surface area contributed by atoms with Crippen LogP contribution < -0.4 is 0 Å². The molecule has 0 saturated carbocycles. The van der Waals surface area contributed by atoms with Gasteiger partial charge in [-0.3, -0.25) is 0 Å². The summed E-state index contributed by atoms with van der Waals surface area (Å²) >= 11 is 3.46. The van der Waals surface area contributed by atoms with E-state index in [0.717, 1.165) is 37.8 Å². The first-order valence-electron chi connectivity index (χ1n) is 8.03. The normalized spacial score (nSPS) is 11.0. The van der Waals surface area contributed by atoms with Crippen molar-refractivity contribution >= 4 is 26.8 Å². The van der Waals surface area contributed by atoms with Gasteiger partial charge in [0, 0.05) is 15.4 Å². The Morgan fingerprint density at radius 3 is 2.04 bits per heavy atom. The van der Waals surface area contributed by atoms with Crippen LogP contribution in [0.5, 0.6) is 0 Å². The average molecular weight is 392 g/mol. The highest BCUT2D eigenvalue weighted by Crippen LogP contribution is 2.28. The summed E-state index contributed by atoms with van der Waals surface area (Å²) in [5.41, 5.74) is 6.17. The molecule has 1 nitrogen and oxygen atoms in total. The lowest BCUT2D eigenvalue weighted by Crippen LogP contribution is -1.91. The molecule has 3 heteroatoms. The van der Waals surface area contributed by atoms with Gasteiger partial charge in [-0.2, -0.15) is 0 Å². The van der Waals surface area contributed by atoms with Crippen LogP contribution in [0.3, 0.4) is 0 Å². The Kier molecular flexibility index (Phi) is 4.10. The van der Waals surface area contributed by atoms with Crippen LogP contribution in [-0.2, 0) is 0 Å². The Hall–Kier alpha value is -2.52. The van der Waals surface area contributed by atoms with Crippen LogP contribution in [0.1, 0.15) is 5.56 Å². The van der Waals surface area contributed by atoms with Crippen molar-refractivity contribution in [2.75, 3.05) is 0 Å². The van der Waals surface area contributed by atoms with E-state index in [-0.39, 0.29) is 5.82 Å². The second-order valence-corrected chi connectivity index (χ2v) is 6.99. The van der Waals surface area contributed by atoms with E-state index in [4.69, 9.17) is 4.98 Å². The molecule has 0 N–H and O–H groups in total. The Morgan fingerprint density at radius 1 is 0.760 bits per heavy atom. The van der Waals surface area contributed by atoms with Gasteiger partial charge in [0.15, 0.2) is 0 Å². The summed E-state index contributed by atoms with van der Waals surface area (Å²) in [7, 11) is 0. The quantitative estimate of drug-likeness (QED) is 0.367. The summed E-state index contributed by atoms with van der Waals surface area (Å²) in [4.78, 5) is 4.73. The molecule has 0 spiro atoms. The van der Waals surface area contributed by atoms with Gasteiger partial charge < -0.3 is 0 Å². The summed E-state index contributed by atoms with van der Waals surface area (Å²) in [6.45, 7) is 2.01. The topological polar surface area (TPSA) is 12.9 Å². The van der Waals surface area contributed by atoms with Crippen molar-refractivity contribution in [2.24, 2.45) is 0 Å². The van der Waals surface area contributed by atoms with E-state index in [1.807, 2.05) is 25.1 Å². The van der Waals surface area contributed by atoms with Gasteiger partial charge in [-0.15, -0.1) is 0 Å². The molecule has 0 aliphatic carbocycles. The zero-order valence-corrected chi connectivity index (χ0v) is 15.2. The number of rotatable bonds is 2. The van der Waals surface area contributed by atoms with E-state index in [2.05, 4.69) is 52.3 Å². The molecule has 3 aromatic carbocycles. The van der Waals surface area contributed by atoms with Crippen molar-refractivity contribution in [3.8, 4) is 22.4 Å². The number of aryl methyl sites for hydroxylation is 1. The second-order valence-electron chi connectivity index (χ2n) is 6.08. The number of aromatic nitrogens is 1. The minimum absolute atomic E-state index is 0.236. The van der Waals surface area contributed by atoms with Gasteiger partial charge in [0.1, 0.15) is 5.82 Å². The molecule has 0 aliphatic heterocycles. The van der Waals surface area contributed by atoms with E-state index >= 15 is 0 Å². The van der Waals surface area contributed by atoms with Crippen molar-refractivity contribution in [1.82, 2.24) is 4.98 Å². The number of hydrogen-bond acceptors (Lipinski definition) is 1. The monoisotopic (exact) mass is 391 g/mol. The molecule has 1 heterocycles. The van der Waals surface area contributed by atoms with Crippen LogP contribution in [0, 0.1) is 12.7 Å². The Bertz CT molecular complexity index is 1050. The largest absolute Gasteiger partial charge is 0.248 e. The molecule has 25 heavy (non-hydrogen) atoms. The third kappa shape index (κ3) is 3.20. The molecular formula is C22H15BrFN. The number of nitrogens with zero attached hydrogens (tertiary/aromatic N) is 1. The highest BCUT2D eigenvalue weighted by molar-refractivity contribution is 9.10. The number of pyridine rings is 1. The maximum Gasteiger partial charge on any atom is 0.123 e. The Labute approximate surface area is 154 Å². The standard InChI is InChI=1S/C22H15BrFN/c1-14-12-18-13-20(24)10-11-21(18)25-22(14)17-4-2-15(3-5-17)16-6-8-19(23)9-7-16/h2-13H,1H3. The molecule has 1 aromatic heterocycles. The first-order valence-corrected chi connectivity index (χ1v) is 8.83. The van der Waals surface area contributed by atoms with Gasteiger partial charge in [0.05, 0.1) is 11.2 Å². The SMILES string of the molecule is Cc1cc2cc(F)ccc2nc1-c1ccc(-c2ccc(Br)cc2)cc1. The van der Waals surface area contributed by atoms with Crippen molar-refractivity contribution < 1.29 is 4.39 Å². The van der Waals surface area contributed by atoms with Crippen molar-refractivity contribution in [3.63, 3.8) is 0 Å². The third-order valence-corrected chi connectivity index (χ3v) is 4.83. The first kappa shape index (κ1) is 16.0. The summed E-state index contributed by atoms with van der Waals surface area (Å²) < 4.78 is 14.5. The van der Waals surface area contributed by atoms with Gasteiger partial charge in [-0.25, -0.2) is 9.37 Å². The number of hydrogen-bond donors (Lipinski definition) is 0. The van der Waals surface area contributed by atoms with Gasteiger partial charge in [0.2, 0.25) is 0 Å². The van der Waals surface area contributed by atoms with Crippen LogP contribution >= 0.6 is 15.9 Å². The summed E-state index contributed by atoms with van der Waals surface area (Å²) in [5.74, 6) is -0.236. The highest BCUT2D eigenvalue weighted by Gasteiger charge is 2.08. The molecule has 122 valence electrons. The number of fused-ring (bicyclic) bond motifs is 1. The lowest BCUT2D eigenvalue weighted by Gasteiger charge is -2.09. The number of benzene rings is 3. The predicted octanol–water partition coefficient (Wildman–Crippen LogP) is 6.78. The summed E-state index contributed by atoms with van der Waals surface area (Å²) in [6, 6.07) is 23.3. The molecule has 0 fully saturated rings. The predicted molar refractivity (Wildman–Crippen MR) is 105 cm³/mol. The zero-order chi connectivity index (χ0) is 17.4.